The smallest absolute Gasteiger partial charge is 0.119 e. The number of rotatable bonds is 10. The summed E-state index contributed by atoms with van der Waals surface area (Å²) in [6.07, 6.45) is 4.86. The van der Waals surface area contributed by atoms with Crippen LogP contribution in [0.1, 0.15) is 45.1 Å². The van der Waals surface area contributed by atoms with Gasteiger partial charge in [-0.2, -0.15) is 15.5 Å². The molecule has 0 heterocycles. The molecular weight excluding hydrogens is 382 g/mol. The molecule has 0 spiro atoms. The van der Waals surface area contributed by atoms with Gasteiger partial charge < -0.3 is 4.74 Å². The number of unbranched alkanes of at least 4 members (excludes halogenated alkanes) is 1. The van der Waals surface area contributed by atoms with Crippen LogP contribution in [-0.4, -0.2) is 6.61 Å². The van der Waals surface area contributed by atoms with Crippen LogP contribution in [0.25, 0.3) is 11.1 Å². The fourth-order valence-corrected chi connectivity index (χ4v) is 3.29. The molecule has 3 rings (SSSR count). The second-order valence-corrected chi connectivity index (χ2v) is 7.66. The van der Waals surface area contributed by atoms with Crippen molar-refractivity contribution in [2.45, 2.75) is 39.5 Å². The van der Waals surface area contributed by atoms with Crippen molar-refractivity contribution in [1.82, 2.24) is 0 Å². The highest BCUT2D eigenvalue weighted by atomic mass is 16.5. The van der Waals surface area contributed by atoms with Crippen LogP contribution in [0.5, 0.6) is 5.75 Å². The summed E-state index contributed by atoms with van der Waals surface area (Å²) in [5.41, 5.74) is 4.39. The first kappa shape index (κ1) is 22.2. The summed E-state index contributed by atoms with van der Waals surface area (Å²) in [5.74, 6) is 1.49. The van der Waals surface area contributed by atoms with Crippen LogP contribution in [0.15, 0.2) is 83.0 Å². The summed E-state index contributed by atoms with van der Waals surface area (Å²) in [5, 5.41) is 17.6. The summed E-state index contributed by atoms with van der Waals surface area (Å²) in [6.45, 7) is 5.22. The van der Waals surface area contributed by atoms with Crippen LogP contribution < -0.4 is 4.74 Å². The number of hydrogen-bond donors (Lipinski definition) is 0. The predicted molar refractivity (Wildman–Crippen MR) is 126 cm³/mol. The Morgan fingerprint density at radius 1 is 0.806 bits per heavy atom. The maximum absolute atomic E-state index is 8.91. The van der Waals surface area contributed by atoms with E-state index in [0.29, 0.717) is 11.5 Å². The monoisotopic (exact) mass is 411 g/mol. The van der Waals surface area contributed by atoms with Gasteiger partial charge in [-0.25, -0.2) is 0 Å². The summed E-state index contributed by atoms with van der Waals surface area (Å²) in [4.78, 5) is 0. The van der Waals surface area contributed by atoms with E-state index in [1.165, 1.54) is 19.3 Å². The lowest BCUT2D eigenvalue weighted by Gasteiger charge is -2.15. The molecule has 1 unspecified atom stereocenters. The largest absolute Gasteiger partial charge is 0.493 e. The first-order chi connectivity index (χ1) is 15.2. The zero-order valence-corrected chi connectivity index (χ0v) is 18.3. The Morgan fingerprint density at radius 2 is 1.35 bits per heavy atom. The predicted octanol–water partition coefficient (Wildman–Crippen LogP) is 8.24. The Morgan fingerprint density at radius 3 is 1.87 bits per heavy atom. The van der Waals surface area contributed by atoms with Crippen LogP contribution in [0.4, 0.5) is 11.4 Å². The Labute approximate surface area is 185 Å². The van der Waals surface area contributed by atoms with Gasteiger partial charge in [0.25, 0.3) is 0 Å². The lowest BCUT2D eigenvalue weighted by atomic mass is 10.0. The van der Waals surface area contributed by atoms with Gasteiger partial charge in [0.15, 0.2) is 0 Å². The lowest BCUT2D eigenvalue weighted by molar-refractivity contribution is 0.233. The van der Waals surface area contributed by atoms with E-state index < -0.39 is 0 Å². The minimum absolute atomic E-state index is 0.617. The zero-order valence-electron chi connectivity index (χ0n) is 18.3. The molecule has 0 saturated heterocycles. The maximum atomic E-state index is 8.91. The van der Waals surface area contributed by atoms with E-state index in [1.54, 1.807) is 0 Å². The van der Waals surface area contributed by atoms with E-state index in [9.17, 15) is 0 Å². The van der Waals surface area contributed by atoms with Crippen molar-refractivity contribution >= 4 is 11.4 Å². The van der Waals surface area contributed by atoms with Crippen LogP contribution in [-0.2, 0) is 0 Å². The second-order valence-electron chi connectivity index (χ2n) is 7.66. The van der Waals surface area contributed by atoms with Crippen molar-refractivity contribution < 1.29 is 4.74 Å². The standard InChI is InChI=1S/C27H29N3O/c1-3-5-6-21(4-2)20-31-27-17-15-26(16-18-27)30-29-25-13-11-24(12-14-25)23-9-7-22(19-28)8-10-23/h7-18,21H,3-6,20H2,1-2H3/b30-29+. The van der Waals surface area contributed by atoms with Crippen molar-refractivity contribution in [2.24, 2.45) is 16.1 Å². The van der Waals surface area contributed by atoms with Gasteiger partial charge in [0.2, 0.25) is 0 Å². The van der Waals surface area contributed by atoms with Crippen molar-refractivity contribution in [1.29, 1.82) is 5.26 Å². The Bertz CT molecular complexity index is 1000. The average Bonchev–Trinajstić information content (AvgIpc) is 2.84. The minimum Gasteiger partial charge on any atom is -0.493 e. The second kappa shape index (κ2) is 11.7. The Hall–Kier alpha value is -3.45. The van der Waals surface area contributed by atoms with Crippen molar-refractivity contribution in [3.63, 3.8) is 0 Å². The molecule has 0 radical (unpaired) electrons. The highest BCUT2D eigenvalue weighted by Gasteiger charge is 2.07. The number of nitriles is 1. The van der Waals surface area contributed by atoms with Crippen molar-refractivity contribution in [3.05, 3.63) is 78.4 Å². The van der Waals surface area contributed by atoms with Crippen LogP contribution in [0.2, 0.25) is 0 Å². The van der Waals surface area contributed by atoms with E-state index in [1.807, 2.05) is 72.8 Å². The highest BCUT2D eigenvalue weighted by Crippen LogP contribution is 2.25. The molecular formula is C27H29N3O. The number of azo groups is 1. The number of benzene rings is 3. The van der Waals surface area contributed by atoms with Crippen molar-refractivity contribution in [2.75, 3.05) is 6.61 Å². The lowest BCUT2D eigenvalue weighted by Crippen LogP contribution is -2.11. The van der Waals surface area contributed by atoms with Crippen molar-refractivity contribution in [3.8, 4) is 22.9 Å². The number of nitrogens with zero attached hydrogens (tertiary/aromatic N) is 3. The molecule has 0 aromatic heterocycles. The summed E-state index contributed by atoms with van der Waals surface area (Å²) in [7, 11) is 0. The van der Waals surface area contributed by atoms with Crippen LogP contribution in [0.3, 0.4) is 0 Å². The molecule has 0 aliphatic rings. The maximum Gasteiger partial charge on any atom is 0.119 e. The summed E-state index contributed by atoms with van der Waals surface area (Å²) in [6, 6.07) is 25.3. The molecule has 0 fully saturated rings. The zero-order chi connectivity index (χ0) is 21.9. The van der Waals surface area contributed by atoms with Crippen LogP contribution in [0, 0.1) is 17.2 Å². The van der Waals surface area contributed by atoms with Gasteiger partial charge in [0.05, 0.1) is 29.6 Å². The highest BCUT2D eigenvalue weighted by molar-refractivity contribution is 5.66. The molecule has 0 saturated carbocycles. The van der Waals surface area contributed by atoms with Gasteiger partial charge in [-0.1, -0.05) is 57.4 Å². The first-order valence-electron chi connectivity index (χ1n) is 11.0. The molecule has 3 aromatic rings. The first-order valence-corrected chi connectivity index (χ1v) is 11.0. The average molecular weight is 412 g/mol. The molecule has 31 heavy (non-hydrogen) atoms. The normalized spacial score (nSPS) is 11.9. The molecule has 0 amide bonds. The SMILES string of the molecule is CCCCC(CC)COc1ccc(/N=N/c2ccc(-c3ccc(C#N)cc3)cc2)cc1. The van der Waals surface area contributed by atoms with E-state index >= 15 is 0 Å². The molecule has 3 aromatic carbocycles. The quantitative estimate of drug-likeness (QED) is 0.315. The molecule has 0 N–H and O–H groups in total. The van der Waals surface area contributed by atoms with Gasteiger partial charge in [-0.05, 0) is 72.0 Å². The Balaban J connectivity index is 1.55. The van der Waals surface area contributed by atoms with Gasteiger partial charge in [-0.3, -0.25) is 0 Å². The third kappa shape index (κ3) is 6.79. The topological polar surface area (TPSA) is 57.7 Å². The van der Waals surface area contributed by atoms with Gasteiger partial charge in [0.1, 0.15) is 5.75 Å². The molecule has 4 nitrogen and oxygen atoms in total. The number of ether oxygens (including phenoxy) is 1. The third-order valence-electron chi connectivity index (χ3n) is 5.36. The fraction of sp³-hybridized carbons (Fsp3) is 0.296. The fourth-order valence-electron chi connectivity index (χ4n) is 3.29. The summed E-state index contributed by atoms with van der Waals surface area (Å²) < 4.78 is 5.95. The molecule has 0 bridgehead atoms. The molecule has 1 atom stereocenters. The summed E-state index contributed by atoms with van der Waals surface area (Å²) >= 11 is 0. The minimum atomic E-state index is 0.617. The van der Waals surface area contributed by atoms with Gasteiger partial charge in [-0.15, -0.1) is 0 Å². The molecule has 0 aliphatic carbocycles. The number of hydrogen-bond acceptors (Lipinski definition) is 4. The third-order valence-corrected chi connectivity index (χ3v) is 5.36. The van der Waals surface area contributed by atoms with Gasteiger partial charge >= 0.3 is 0 Å². The van der Waals surface area contributed by atoms with Crippen LogP contribution >= 0.6 is 0 Å². The Kier molecular flexibility index (Phi) is 8.37. The molecule has 0 aliphatic heterocycles. The molecule has 4 heteroatoms. The van der Waals surface area contributed by atoms with E-state index in [-0.39, 0.29) is 0 Å². The van der Waals surface area contributed by atoms with E-state index in [2.05, 4.69) is 30.1 Å². The van der Waals surface area contributed by atoms with Gasteiger partial charge in [0, 0.05) is 0 Å². The van der Waals surface area contributed by atoms with E-state index in [4.69, 9.17) is 10.00 Å². The van der Waals surface area contributed by atoms with E-state index in [0.717, 1.165) is 41.3 Å². The molecule has 158 valence electrons.